The number of carboxylic acid groups (broad SMARTS) is 1. The molecule has 1 aliphatic carbocycles. The first-order chi connectivity index (χ1) is 8.64. The highest BCUT2D eigenvalue weighted by Gasteiger charge is 2.43. The van der Waals surface area contributed by atoms with E-state index in [9.17, 15) is 14.3 Å². The minimum absolute atomic E-state index is 0.419. The Bertz CT molecular complexity index is 450. The van der Waals surface area contributed by atoms with Crippen molar-refractivity contribution in [2.75, 3.05) is 7.11 Å². The van der Waals surface area contributed by atoms with Crippen molar-refractivity contribution in [3.63, 3.8) is 0 Å². The number of carbonyl (C=O) groups is 1. The van der Waals surface area contributed by atoms with Gasteiger partial charge in [0.1, 0.15) is 12.4 Å². The first-order valence-corrected chi connectivity index (χ1v) is 6.11. The molecule has 0 bridgehead atoms. The van der Waals surface area contributed by atoms with Gasteiger partial charge in [0.05, 0.1) is 12.5 Å². The first kappa shape index (κ1) is 12.9. The molecule has 1 fully saturated rings. The second kappa shape index (κ2) is 4.96. The number of benzene rings is 1. The lowest BCUT2D eigenvalue weighted by Crippen LogP contribution is -2.32. The molecule has 0 amide bonds. The zero-order chi connectivity index (χ0) is 13.2. The van der Waals surface area contributed by atoms with E-state index in [1.807, 2.05) is 0 Å². The largest absolute Gasteiger partial charge is 0.496 e. The number of hydrogen-bond acceptors (Lipinski definition) is 2. The van der Waals surface area contributed by atoms with Crippen LogP contribution in [0.2, 0.25) is 0 Å². The van der Waals surface area contributed by atoms with Crippen molar-refractivity contribution in [2.45, 2.75) is 37.8 Å². The van der Waals surface area contributed by atoms with Crippen LogP contribution in [-0.4, -0.2) is 18.2 Å². The van der Waals surface area contributed by atoms with Gasteiger partial charge in [0, 0.05) is 5.56 Å². The van der Waals surface area contributed by atoms with Crippen molar-refractivity contribution >= 4 is 5.97 Å². The highest BCUT2D eigenvalue weighted by molar-refractivity contribution is 5.82. The van der Waals surface area contributed by atoms with E-state index in [1.54, 1.807) is 18.2 Å². The van der Waals surface area contributed by atoms with Gasteiger partial charge in [-0.25, -0.2) is 4.39 Å². The predicted octanol–water partition coefficient (Wildman–Crippen LogP) is 3.06. The first-order valence-electron chi connectivity index (χ1n) is 6.11. The molecular weight excluding hydrogens is 235 g/mol. The summed E-state index contributed by atoms with van der Waals surface area (Å²) >= 11 is 0. The average Bonchev–Trinajstić information content (AvgIpc) is 2.88. The standard InChI is InChI=1S/C14H17FO3/c1-18-12-5-4-11(8-10(12)9-15)14(13(16)17)6-2-3-7-14/h4-5,8H,2-3,6-7,9H2,1H3,(H,16,17). The van der Waals surface area contributed by atoms with Crippen molar-refractivity contribution in [3.8, 4) is 5.75 Å². The fourth-order valence-electron chi connectivity index (χ4n) is 2.79. The van der Waals surface area contributed by atoms with Crippen LogP contribution >= 0.6 is 0 Å². The molecule has 0 atom stereocenters. The molecule has 0 unspecified atom stereocenters. The molecule has 98 valence electrons. The number of halogens is 1. The minimum atomic E-state index is -0.837. The second-order valence-electron chi connectivity index (χ2n) is 4.75. The van der Waals surface area contributed by atoms with Crippen LogP contribution in [0.1, 0.15) is 36.8 Å². The van der Waals surface area contributed by atoms with Gasteiger partial charge < -0.3 is 9.84 Å². The lowest BCUT2D eigenvalue weighted by atomic mass is 9.78. The maximum Gasteiger partial charge on any atom is 0.314 e. The van der Waals surface area contributed by atoms with Crippen LogP contribution in [-0.2, 0) is 16.9 Å². The fraction of sp³-hybridized carbons (Fsp3) is 0.500. The van der Waals surface area contributed by atoms with Crippen molar-refractivity contribution in [1.29, 1.82) is 0 Å². The van der Waals surface area contributed by atoms with Gasteiger partial charge in [-0.2, -0.15) is 0 Å². The van der Waals surface area contributed by atoms with Gasteiger partial charge in [-0.3, -0.25) is 4.79 Å². The van der Waals surface area contributed by atoms with Crippen LogP contribution in [0.3, 0.4) is 0 Å². The van der Waals surface area contributed by atoms with Gasteiger partial charge in [0.2, 0.25) is 0 Å². The quantitative estimate of drug-likeness (QED) is 0.895. The molecular formula is C14H17FO3. The Morgan fingerprint density at radius 3 is 2.61 bits per heavy atom. The Kier molecular flexibility index (Phi) is 3.55. The van der Waals surface area contributed by atoms with Crippen LogP contribution in [0.5, 0.6) is 5.75 Å². The molecule has 0 aromatic heterocycles. The highest BCUT2D eigenvalue weighted by Crippen LogP contribution is 2.42. The smallest absolute Gasteiger partial charge is 0.314 e. The van der Waals surface area contributed by atoms with Gasteiger partial charge in [-0.15, -0.1) is 0 Å². The number of alkyl halides is 1. The zero-order valence-electron chi connectivity index (χ0n) is 10.4. The minimum Gasteiger partial charge on any atom is -0.496 e. The van der Waals surface area contributed by atoms with Gasteiger partial charge in [0.15, 0.2) is 0 Å². The molecule has 0 heterocycles. The summed E-state index contributed by atoms with van der Waals surface area (Å²) in [6, 6.07) is 5.04. The lowest BCUT2D eigenvalue weighted by molar-refractivity contribution is -0.143. The average molecular weight is 252 g/mol. The number of aliphatic carboxylic acids is 1. The molecule has 1 saturated carbocycles. The molecule has 1 aromatic carbocycles. The highest BCUT2D eigenvalue weighted by atomic mass is 19.1. The number of carboxylic acids is 1. The van der Waals surface area contributed by atoms with Crippen molar-refractivity contribution < 1.29 is 19.0 Å². The third kappa shape index (κ3) is 1.96. The summed E-state index contributed by atoms with van der Waals surface area (Å²) in [6.07, 6.45) is 3.06. The Hall–Kier alpha value is -1.58. The summed E-state index contributed by atoms with van der Waals surface area (Å²) in [4.78, 5) is 11.6. The van der Waals surface area contributed by atoms with Gasteiger partial charge in [0.25, 0.3) is 0 Å². The number of ether oxygens (including phenoxy) is 1. The van der Waals surface area contributed by atoms with E-state index in [4.69, 9.17) is 4.74 Å². The second-order valence-corrected chi connectivity index (χ2v) is 4.75. The van der Waals surface area contributed by atoms with Crippen LogP contribution < -0.4 is 4.74 Å². The lowest BCUT2D eigenvalue weighted by Gasteiger charge is -2.25. The number of rotatable bonds is 4. The van der Waals surface area contributed by atoms with E-state index in [-0.39, 0.29) is 0 Å². The van der Waals surface area contributed by atoms with Crippen molar-refractivity contribution in [3.05, 3.63) is 29.3 Å². The SMILES string of the molecule is COc1ccc(C2(C(=O)O)CCCC2)cc1CF. The normalized spacial score (nSPS) is 17.7. The monoisotopic (exact) mass is 252 g/mol. The predicted molar refractivity (Wildman–Crippen MR) is 65.6 cm³/mol. The molecule has 18 heavy (non-hydrogen) atoms. The maximum atomic E-state index is 12.9. The fourth-order valence-corrected chi connectivity index (χ4v) is 2.79. The Balaban J connectivity index is 2.46. The molecule has 1 N–H and O–H groups in total. The van der Waals surface area contributed by atoms with Gasteiger partial charge in [-0.05, 0) is 30.5 Å². The van der Waals surface area contributed by atoms with Gasteiger partial charge >= 0.3 is 5.97 Å². The Morgan fingerprint density at radius 2 is 2.11 bits per heavy atom. The van der Waals surface area contributed by atoms with E-state index in [1.165, 1.54) is 7.11 Å². The van der Waals surface area contributed by atoms with Crippen LogP contribution in [0, 0.1) is 0 Å². The van der Waals surface area contributed by atoms with Crippen molar-refractivity contribution in [1.82, 2.24) is 0 Å². The summed E-state index contributed by atoms with van der Waals surface area (Å²) in [6.45, 7) is -0.646. The molecule has 0 aliphatic heterocycles. The molecule has 3 nitrogen and oxygen atoms in total. The van der Waals surface area contributed by atoms with E-state index in [2.05, 4.69) is 0 Å². The molecule has 2 rings (SSSR count). The molecule has 1 aromatic rings. The molecule has 0 spiro atoms. The summed E-state index contributed by atoms with van der Waals surface area (Å²) in [5.41, 5.74) is 0.277. The molecule has 0 radical (unpaired) electrons. The van der Waals surface area contributed by atoms with Gasteiger partial charge in [-0.1, -0.05) is 18.9 Å². The summed E-state index contributed by atoms with van der Waals surface area (Å²) < 4.78 is 18.0. The third-order valence-corrected chi connectivity index (χ3v) is 3.84. The third-order valence-electron chi connectivity index (χ3n) is 3.84. The maximum absolute atomic E-state index is 12.9. The zero-order valence-corrected chi connectivity index (χ0v) is 10.4. The van der Waals surface area contributed by atoms with E-state index in [0.717, 1.165) is 12.8 Å². The van der Waals surface area contributed by atoms with E-state index < -0.39 is 18.1 Å². The molecule has 4 heteroatoms. The Morgan fingerprint density at radius 1 is 1.44 bits per heavy atom. The van der Waals surface area contributed by atoms with E-state index >= 15 is 0 Å². The Labute approximate surface area is 106 Å². The molecule has 0 saturated heterocycles. The molecule has 1 aliphatic rings. The summed E-state index contributed by atoms with van der Waals surface area (Å²) in [5, 5.41) is 9.48. The summed E-state index contributed by atoms with van der Waals surface area (Å²) in [5.74, 6) is -0.338. The van der Waals surface area contributed by atoms with Crippen LogP contribution in [0.25, 0.3) is 0 Å². The van der Waals surface area contributed by atoms with Crippen molar-refractivity contribution in [2.24, 2.45) is 0 Å². The van der Waals surface area contributed by atoms with E-state index in [0.29, 0.717) is 29.7 Å². The van der Waals surface area contributed by atoms with Crippen LogP contribution in [0.15, 0.2) is 18.2 Å². The topological polar surface area (TPSA) is 46.5 Å². The van der Waals surface area contributed by atoms with Crippen LogP contribution in [0.4, 0.5) is 4.39 Å². The number of methoxy groups -OCH3 is 1. The number of hydrogen-bond donors (Lipinski definition) is 1. The summed E-state index contributed by atoms with van der Waals surface area (Å²) in [7, 11) is 1.48.